The maximum atomic E-state index is 12.5. The van der Waals surface area contributed by atoms with Crippen molar-refractivity contribution >= 4 is 30.1 Å². The highest BCUT2D eigenvalue weighted by Gasteiger charge is 2.34. The molecule has 1 N–H and O–H groups in total. The maximum Gasteiger partial charge on any atom is 0.225 e. The minimum absolute atomic E-state index is 0. The number of amides is 1. The zero-order valence-corrected chi connectivity index (χ0v) is 13.7. The van der Waals surface area contributed by atoms with Crippen LogP contribution >= 0.6 is 24.2 Å². The van der Waals surface area contributed by atoms with Crippen molar-refractivity contribution in [1.29, 1.82) is 0 Å². The van der Waals surface area contributed by atoms with Gasteiger partial charge in [0.2, 0.25) is 5.91 Å². The molecule has 0 aromatic rings. The van der Waals surface area contributed by atoms with Gasteiger partial charge in [-0.15, -0.1) is 12.4 Å². The van der Waals surface area contributed by atoms with Crippen LogP contribution in [0.2, 0.25) is 0 Å². The van der Waals surface area contributed by atoms with Crippen LogP contribution in [-0.4, -0.2) is 72.5 Å². The summed E-state index contributed by atoms with van der Waals surface area (Å²) in [5.41, 5.74) is 0. The molecule has 1 atom stereocenters. The average Bonchev–Trinajstić information content (AvgIpc) is 2.98. The molecule has 3 aliphatic rings. The van der Waals surface area contributed by atoms with Crippen LogP contribution in [0.25, 0.3) is 0 Å². The van der Waals surface area contributed by atoms with Gasteiger partial charge in [-0.25, -0.2) is 0 Å². The topological polar surface area (TPSA) is 35.6 Å². The number of nitrogens with zero attached hydrogens (tertiary/aromatic N) is 2. The van der Waals surface area contributed by atoms with E-state index in [0.717, 1.165) is 52.1 Å². The third kappa shape index (κ3) is 3.81. The monoisotopic (exact) mass is 319 g/mol. The van der Waals surface area contributed by atoms with E-state index in [1.807, 2.05) is 11.8 Å². The molecule has 0 radical (unpaired) electrons. The zero-order valence-electron chi connectivity index (χ0n) is 12.1. The standard InChI is InChI=1S/C14H25N3OS.ClH/c18-14(12-2-9-19-10-3-12)17-6-1-13(11-17)16-7-4-15-5-8-16;/h12-13,15H,1-11H2;1H. The van der Waals surface area contributed by atoms with Crippen LogP contribution in [0.5, 0.6) is 0 Å². The lowest BCUT2D eigenvalue weighted by molar-refractivity contribution is -0.134. The second-order valence-electron chi connectivity index (χ2n) is 5.90. The summed E-state index contributed by atoms with van der Waals surface area (Å²) in [5.74, 6) is 3.11. The summed E-state index contributed by atoms with van der Waals surface area (Å²) in [6.07, 6.45) is 3.36. The van der Waals surface area contributed by atoms with Crippen LogP contribution in [0.1, 0.15) is 19.3 Å². The van der Waals surface area contributed by atoms with Crippen molar-refractivity contribution in [3.63, 3.8) is 0 Å². The van der Waals surface area contributed by atoms with Crippen LogP contribution in [0, 0.1) is 5.92 Å². The minimum atomic E-state index is 0. The number of piperazine rings is 1. The molecule has 3 aliphatic heterocycles. The van der Waals surface area contributed by atoms with Crippen molar-refractivity contribution in [3.05, 3.63) is 0 Å². The predicted octanol–water partition coefficient (Wildman–Crippen LogP) is 1.06. The molecule has 4 nitrogen and oxygen atoms in total. The fourth-order valence-electron chi connectivity index (χ4n) is 3.49. The smallest absolute Gasteiger partial charge is 0.225 e. The number of halogens is 1. The summed E-state index contributed by atoms with van der Waals surface area (Å²) in [6.45, 7) is 6.45. The first-order chi connectivity index (χ1) is 9.34. The molecule has 0 aromatic heterocycles. The highest BCUT2D eigenvalue weighted by atomic mass is 35.5. The molecule has 0 aromatic carbocycles. The van der Waals surface area contributed by atoms with Crippen molar-refractivity contribution in [2.45, 2.75) is 25.3 Å². The van der Waals surface area contributed by atoms with Crippen molar-refractivity contribution in [1.82, 2.24) is 15.1 Å². The number of rotatable bonds is 2. The van der Waals surface area contributed by atoms with Crippen LogP contribution in [0.4, 0.5) is 0 Å². The molecule has 6 heteroatoms. The summed E-state index contributed by atoms with van der Waals surface area (Å²) in [4.78, 5) is 17.2. The van der Waals surface area contributed by atoms with Gasteiger partial charge in [0.15, 0.2) is 0 Å². The number of nitrogens with one attached hydrogen (secondary N) is 1. The normalized spacial score (nSPS) is 29.2. The number of hydrogen-bond donors (Lipinski definition) is 1. The maximum absolute atomic E-state index is 12.5. The van der Waals surface area contributed by atoms with E-state index < -0.39 is 0 Å². The molecule has 3 rings (SSSR count). The largest absolute Gasteiger partial charge is 0.341 e. The number of thioether (sulfide) groups is 1. The van der Waals surface area contributed by atoms with Gasteiger partial charge in [-0.05, 0) is 30.8 Å². The molecule has 0 spiro atoms. The molecule has 3 fully saturated rings. The second kappa shape index (κ2) is 7.87. The Morgan fingerprint density at radius 2 is 1.75 bits per heavy atom. The van der Waals surface area contributed by atoms with Crippen molar-refractivity contribution < 1.29 is 4.79 Å². The SMILES string of the molecule is Cl.O=C(C1CCSCC1)N1CCC(N2CCNCC2)C1. The average molecular weight is 320 g/mol. The van der Waals surface area contributed by atoms with Crippen molar-refractivity contribution in [2.24, 2.45) is 5.92 Å². The van der Waals surface area contributed by atoms with E-state index in [1.165, 1.54) is 17.9 Å². The lowest BCUT2D eigenvalue weighted by Crippen LogP contribution is -2.49. The second-order valence-corrected chi connectivity index (χ2v) is 7.12. The lowest BCUT2D eigenvalue weighted by Gasteiger charge is -2.33. The summed E-state index contributed by atoms with van der Waals surface area (Å²) in [5, 5.41) is 3.40. The molecule has 0 aliphatic carbocycles. The van der Waals surface area contributed by atoms with Gasteiger partial charge in [0.05, 0.1) is 0 Å². The Kier molecular flexibility index (Phi) is 6.46. The van der Waals surface area contributed by atoms with Gasteiger partial charge in [0.1, 0.15) is 0 Å². The van der Waals surface area contributed by atoms with Crippen LogP contribution < -0.4 is 5.32 Å². The molecule has 0 bridgehead atoms. The van der Waals surface area contributed by atoms with E-state index in [0.29, 0.717) is 17.9 Å². The van der Waals surface area contributed by atoms with Crippen LogP contribution in [0.15, 0.2) is 0 Å². The zero-order chi connectivity index (χ0) is 13.1. The summed E-state index contributed by atoms with van der Waals surface area (Å²) in [6, 6.07) is 0.615. The third-order valence-electron chi connectivity index (χ3n) is 4.71. The Balaban J connectivity index is 0.00000147. The molecular weight excluding hydrogens is 294 g/mol. The minimum Gasteiger partial charge on any atom is -0.341 e. The lowest BCUT2D eigenvalue weighted by atomic mass is 10.0. The van der Waals surface area contributed by atoms with E-state index in [2.05, 4.69) is 15.1 Å². The van der Waals surface area contributed by atoms with Crippen molar-refractivity contribution in [3.8, 4) is 0 Å². The number of likely N-dealkylation sites (tertiary alicyclic amines) is 1. The molecule has 1 unspecified atom stereocenters. The van der Waals surface area contributed by atoms with Gasteiger partial charge in [0, 0.05) is 51.2 Å². The fraction of sp³-hybridized carbons (Fsp3) is 0.929. The highest BCUT2D eigenvalue weighted by Crippen LogP contribution is 2.26. The van der Waals surface area contributed by atoms with E-state index >= 15 is 0 Å². The Morgan fingerprint density at radius 1 is 1.05 bits per heavy atom. The summed E-state index contributed by atoms with van der Waals surface area (Å²) in [7, 11) is 0. The van der Waals surface area contributed by atoms with E-state index in [1.54, 1.807) is 0 Å². The molecular formula is C14H26ClN3OS. The summed E-state index contributed by atoms with van der Waals surface area (Å²) < 4.78 is 0. The Bertz CT molecular complexity index is 320. The Morgan fingerprint density at radius 3 is 2.45 bits per heavy atom. The first kappa shape index (κ1) is 16.4. The van der Waals surface area contributed by atoms with Crippen LogP contribution in [0.3, 0.4) is 0 Å². The first-order valence-electron chi connectivity index (χ1n) is 7.66. The van der Waals surface area contributed by atoms with E-state index in [4.69, 9.17) is 0 Å². The van der Waals surface area contributed by atoms with Crippen molar-refractivity contribution in [2.75, 3.05) is 50.8 Å². The Labute approximate surface area is 132 Å². The molecule has 0 saturated carbocycles. The summed E-state index contributed by atoms with van der Waals surface area (Å²) >= 11 is 2.00. The number of carbonyl (C=O) groups excluding carboxylic acids is 1. The number of carbonyl (C=O) groups is 1. The quantitative estimate of drug-likeness (QED) is 0.825. The van der Waals surface area contributed by atoms with E-state index in [-0.39, 0.29) is 12.4 Å². The molecule has 3 heterocycles. The molecule has 20 heavy (non-hydrogen) atoms. The van der Waals surface area contributed by atoms with Gasteiger partial charge in [-0.1, -0.05) is 0 Å². The van der Waals surface area contributed by atoms with Gasteiger partial charge in [0.25, 0.3) is 0 Å². The molecule has 1 amide bonds. The third-order valence-corrected chi connectivity index (χ3v) is 5.76. The number of hydrogen-bond acceptors (Lipinski definition) is 4. The predicted molar refractivity (Wildman–Crippen MR) is 86.7 cm³/mol. The molecule has 3 saturated heterocycles. The van der Waals surface area contributed by atoms with Crippen LogP contribution in [-0.2, 0) is 4.79 Å². The Hall–Kier alpha value is 0.0300. The van der Waals surface area contributed by atoms with Gasteiger partial charge >= 0.3 is 0 Å². The highest BCUT2D eigenvalue weighted by molar-refractivity contribution is 7.99. The fourth-order valence-corrected chi connectivity index (χ4v) is 4.60. The van der Waals surface area contributed by atoms with Gasteiger partial charge < -0.3 is 10.2 Å². The van der Waals surface area contributed by atoms with Gasteiger partial charge in [-0.2, -0.15) is 11.8 Å². The first-order valence-corrected chi connectivity index (χ1v) is 8.81. The van der Waals surface area contributed by atoms with E-state index in [9.17, 15) is 4.79 Å². The molecule has 116 valence electrons. The van der Waals surface area contributed by atoms with Gasteiger partial charge in [-0.3, -0.25) is 9.69 Å².